The molecule has 6 nitrogen and oxygen atoms in total. The summed E-state index contributed by atoms with van der Waals surface area (Å²) in [6, 6.07) is -0.133. The Labute approximate surface area is 106 Å². The molecule has 6 heteroatoms. The van der Waals surface area contributed by atoms with Gasteiger partial charge in [-0.3, -0.25) is 9.59 Å². The molecule has 1 aromatic rings. The molecule has 100 valence electrons. The average molecular weight is 252 g/mol. The van der Waals surface area contributed by atoms with Gasteiger partial charge in [-0.1, -0.05) is 0 Å². The van der Waals surface area contributed by atoms with Crippen LogP contribution in [0.15, 0.2) is 4.79 Å². The molecule has 1 unspecified atom stereocenters. The number of carbonyl (C=O) groups is 1. The monoisotopic (exact) mass is 252 g/mol. The van der Waals surface area contributed by atoms with Crippen molar-refractivity contribution < 1.29 is 4.79 Å². The van der Waals surface area contributed by atoms with Crippen LogP contribution in [0.2, 0.25) is 0 Å². The van der Waals surface area contributed by atoms with Crippen LogP contribution in [-0.4, -0.2) is 29.5 Å². The van der Waals surface area contributed by atoms with Crippen LogP contribution in [0.3, 0.4) is 0 Å². The number of aryl methyl sites for hydroxylation is 2. The van der Waals surface area contributed by atoms with Crippen LogP contribution in [0.4, 0.5) is 0 Å². The highest BCUT2D eigenvalue weighted by molar-refractivity contribution is 5.75. The molecule has 1 aromatic heterocycles. The van der Waals surface area contributed by atoms with Crippen molar-refractivity contribution in [2.45, 2.75) is 33.2 Å². The van der Waals surface area contributed by atoms with Gasteiger partial charge in [0.1, 0.15) is 5.82 Å². The van der Waals surface area contributed by atoms with Gasteiger partial charge in [0.05, 0.1) is 5.56 Å². The molecule has 18 heavy (non-hydrogen) atoms. The normalized spacial score (nSPS) is 12.2. The average Bonchev–Trinajstić information content (AvgIpc) is 2.27. The summed E-state index contributed by atoms with van der Waals surface area (Å²) in [7, 11) is 1.60. The summed E-state index contributed by atoms with van der Waals surface area (Å²) in [4.78, 5) is 29.8. The lowest BCUT2D eigenvalue weighted by molar-refractivity contribution is -0.120. The number of hydrogen-bond donors (Lipinski definition) is 3. The van der Waals surface area contributed by atoms with Crippen molar-refractivity contribution in [1.82, 2.24) is 20.6 Å². The SMILES string of the molecule is CNC(=O)CCNC(C)c1c(C)nc(C)[nH]c1=O. The molecule has 0 aromatic carbocycles. The Bertz CT molecular complexity index is 481. The van der Waals surface area contributed by atoms with Gasteiger partial charge in [0.2, 0.25) is 5.91 Å². The van der Waals surface area contributed by atoms with E-state index in [2.05, 4.69) is 20.6 Å². The van der Waals surface area contributed by atoms with Crippen molar-refractivity contribution >= 4 is 5.91 Å². The number of nitrogens with zero attached hydrogens (tertiary/aromatic N) is 1. The molecule has 0 bridgehead atoms. The standard InChI is InChI=1S/C12H20N4O2/c1-7(14-6-5-10(17)13-4)11-8(2)15-9(3)16-12(11)18/h7,14H,5-6H2,1-4H3,(H,13,17)(H,15,16,18). The molecule has 1 heterocycles. The third kappa shape index (κ3) is 3.66. The first-order chi connectivity index (χ1) is 8.45. The Balaban J connectivity index is 2.70. The summed E-state index contributed by atoms with van der Waals surface area (Å²) < 4.78 is 0. The second-order valence-corrected chi connectivity index (χ2v) is 4.25. The molecule has 0 saturated heterocycles. The highest BCUT2D eigenvalue weighted by Gasteiger charge is 2.14. The van der Waals surface area contributed by atoms with Gasteiger partial charge in [0.25, 0.3) is 5.56 Å². The van der Waals surface area contributed by atoms with E-state index in [0.717, 1.165) is 5.69 Å². The molecule has 1 rings (SSSR count). The summed E-state index contributed by atoms with van der Waals surface area (Å²) in [5.41, 5.74) is 1.22. The maximum absolute atomic E-state index is 11.8. The van der Waals surface area contributed by atoms with E-state index in [4.69, 9.17) is 0 Å². The molecule has 0 aliphatic rings. The number of amides is 1. The van der Waals surface area contributed by atoms with Gasteiger partial charge in [-0.15, -0.1) is 0 Å². The number of hydrogen-bond acceptors (Lipinski definition) is 4. The molecule has 0 spiro atoms. The Morgan fingerprint density at radius 3 is 2.67 bits per heavy atom. The van der Waals surface area contributed by atoms with E-state index in [1.54, 1.807) is 14.0 Å². The van der Waals surface area contributed by atoms with Crippen molar-refractivity contribution in [3.05, 3.63) is 27.4 Å². The van der Waals surface area contributed by atoms with E-state index >= 15 is 0 Å². The summed E-state index contributed by atoms with van der Waals surface area (Å²) in [5, 5.41) is 5.69. The van der Waals surface area contributed by atoms with E-state index in [1.807, 2.05) is 13.8 Å². The minimum atomic E-state index is -0.133. The summed E-state index contributed by atoms with van der Waals surface area (Å²) in [6.07, 6.45) is 0.386. The molecule has 3 N–H and O–H groups in total. The summed E-state index contributed by atoms with van der Waals surface area (Å²) in [5.74, 6) is 0.584. The van der Waals surface area contributed by atoms with Crippen molar-refractivity contribution in [2.75, 3.05) is 13.6 Å². The van der Waals surface area contributed by atoms with E-state index in [0.29, 0.717) is 24.4 Å². The molecule has 0 radical (unpaired) electrons. The second-order valence-electron chi connectivity index (χ2n) is 4.25. The van der Waals surface area contributed by atoms with Crippen molar-refractivity contribution in [1.29, 1.82) is 0 Å². The minimum Gasteiger partial charge on any atom is -0.359 e. The molecule has 0 saturated carbocycles. The van der Waals surface area contributed by atoms with Crippen LogP contribution < -0.4 is 16.2 Å². The number of aromatic amines is 1. The Morgan fingerprint density at radius 2 is 2.11 bits per heavy atom. The summed E-state index contributed by atoms with van der Waals surface area (Å²) in [6.45, 7) is 5.97. The Kier molecular flexibility index (Phi) is 5.03. The Morgan fingerprint density at radius 1 is 1.44 bits per heavy atom. The first kappa shape index (κ1) is 14.4. The van der Waals surface area contributed by atoms with Gasteiger partial charge in [0.15, 0.2) is 0 Å². The molecular formula is C12H20N4O2. The number of rotatable bonds is 5. The molecule has 0 aliphatic heterocycles. The summed E-state index contributed by atoms with van der Waals surface area (Å²) >= 11 is 0. The van der Waals surface area contributed by atoms with E-state index in [1.165, 1.54) is 0 Å². The van der Waals surface area contributed by atoms with Gasteiger partial charge >= 0.3 is 0 Å². The van der Waals surface area contributed by atoms with Crippen LogP contribution in [0.5, 0.6) is 0 Å². The minimum absolute atomic E-state index is 0.0256. The van der Waals surface area contributed by atoms with Crippen LogP contribution in [0.25, 0.3) is 0 Å². The van der Waals surface area contributed by atoms with Crippen LogP contribution in [0.1, 0.15) is 36.5 Å². The zero-order chi connectivity index (χ0) is 13.7. The Hall–Kier alpha value is -1.69. The number of H-pyrrole nitrogens is 1. The molecule has 1 amide bonds. The van der Waals surface area contributed by atoms with Crippen LogP contribution >= 0.6 is 0 Å². The van der Waals surface area contributed by atoms with Gasteiger partial charge in [-0.05, 0) is 20.8 Å². The number of nitrogens with one attached hydrogen (secondary N) is 3. The fourth-order valence-electron chi connectivity index (χ4n) is 1.87. The van der Waals surface area contributed by atoms with Crippen LogP contribution in [-0.2, 0) is 4.79 Å². The lowest BCUT2D eigenvalue weighted by Gasteiger charge is -2.15. The highest BCUT2D eigenvalue weighted by atomic mass is 16.1. The van der Waals surface area contributed by atoms with Crippen molar-refractivity contribution in [3.8, 4) is 0 Å². The van der Waals surface area contributed by atoms with E-state index in [9.17, 15) is 9.59 Å². The largest absolute Gasteiger partial charge is 0.359 e. The van der Waals surface area contributed by atoms with Gasteiger partial charge in [0, 0.05) is 31.7 Å². The fourth-order valence-corrected chi connectivity index (χ4v) is 1.87. The smallest absolute Gasteiger partial charge is 0.255 e. The quantitative estimate of drug-likeness (QED) is 0.697. The van der Waals surface area contributed by atoms with E-state index < -0.39 is 0 Å². The topological polar surface area (TPSA) is 86.9 Å². The first-order valence-electron chi connectivity index (χ1n) is 5.97. The predicted octanol–water partition coefficient (Wildman–Crippen LogP) is 0.173. The molecular weight excluding hydrogens is 232 g/mol. The third-order valence-corrected chi connectivity index (χ3v) is 2.78. The lowest BCUT2D eigenvalue weighted by atomic mass is 10.1. The highest BCUT2D eigenvalue weighted by Crippen LogP contribution is 2.10. The maximum Gasteiger partial charge on any atom is 0.255 e. The third-order valence-electron chi connectivity index (χ3n) is 2.78. The zero-order valence-electron chi connectivity index (χ0n) is 11.3. The van der Waals surface area contributed by atoms with Crippen LogP contribution in [0, 0.1) is 13.8 Å². The lowest BCUT2D eigenvalue weighted by Crippen LogP contribution is -2.30. The molecule has 0 aliphatic carbocycles. The predicted molar refractivity (Wildman–Crippen MR) is 69.4 cm³/mol. The maximum atomic E-state index is 11.8. The molecule has 0 fully saturated rings. The van der Waals surface area contributed by atoms with E-state index in [-0.39, 0.29) is 17.5 Å². The fraction of sp³-hybridized carbons (Fsp3) is 0.583. The number of aromatic nitrogens is 2. The van der Waals surface area contributed by atoms with Gasteiger partial charge < -0.3 is 15.6 Å². The van der Waals surface area contributed by atoms with Crippen molar-refractivity contribution in [3.63, 3.8) is 0 Å². The zero-order valence-corrected chi connectivity index (χ0v) is 11.3. The first-order valence-corrected chi connectivity index (χ1v) is 5.97. The molecule has 1 atom stereocenters. The number of carbonyl (C=O) groups excluding carboxylic acids is 1. The second kappa shape index (κ2) is 6.30. The van der Waals surface area contributed by atoms with Gasteiger partial charge in [-0.2, -0.15) is 0 Å². The van der Waals surface area contributed by atoms with Crippen molar-refractivity contribution in [2.24, 2.45) is 0 Å². The van der Waals surface area contributed by atoms with Gasteiger partial charge in [-0.25, -0.2) is 4.98 Å².